The minimum Gasteiger partial charge on any atom is -0.325 e. The molecule has 3 N–H and O–H groups in total. The second-order valence-corrected chi connectivity index (χ2v) is 8.53. The van der Waals surface area contributed by atoms with Crippen molar-refractivity contribution in [1.29, 1.82) is 0 Å². The Hall–Kier alpha value is -2.36. The summed E-state index contributed by atoms with van der Waals surface area (Å²) in [6, 6.07) is 14.5. The number of nitrogens with one attached hydrogen (secondary N) is 1. The number of imidazole rings is 1. The van der Waals surface area contributed by atoms with Gasteiger partial charge in [0.1, 0.15) is 0 Å². The first-order valence-corrected chi connectivity index (χ1v) is 11.0. The second-order valence-electron chi connectivity index (χ2n) is 5.97. The molecule has 0 aliphatic carbocycles. The summed E-state index contributed by atoms with van der Waals surface area (Å²) in [5.74, 6) is -0.267. The summed E-state index contributed by atoms with van der Waals surface area (Å²) in [5, 5.41) is 8.63. The fourth-order valence-electron chi connectivity index (χ4n) is 2.77. The van der Waals surface area contributed by atoms with Crippen LogP contribution >= 0.6 is 11.8 Å². The number of fused-ring (bicyclic) bond motifs is 1. The normalized spacial score (nSPS) is 11.6. The number of aromatic nitrogens is 2. The van der Waals surface area contributed by atoms with Crippen molar-refractivity contribution in [2.45, 2.75) is 24.4 Å². The Bertz CT molecular complexity index is 1080. The van der Waals surface area contributed by atoms with Gasteiger partial charge in [-0.25, -0.2) is 18.5 Å². The molecule has 1 aromatic heterocycles. The van der Waals surface area contributed by atoms with Crippen LogP contribution in [0.4, 0.5) is 5.69 Å². The van der Waals surface area contributed by atoms with Crippen LogP contribution in [0.15, 0.2) is 53.7 Å². The minimum absolute atomic E-state index is 0.192. The Balaban J connectivity index is 1.66. The van der Waals surface area contributed by atoms with E-state index in [1.165, 1.54) is 11.8 Å². The van der Waals surface area contributed by atoms with Crippen molar-refractivity contribution in [3.63, 3.8) is 0 Å². The summed E-state index contributed by atoms with van der Waals surface area (Å²) in [5.41, 5.74) is 3.00. The quantitative estimate of drug-likeness (QED) is 0.589. The monoisotopic (exact) mass is 404 g/mol. The number of nitrogens with zero attached hydrogens (tertiary/aromatic N) is 2. The predicted molar refractivity (Wildman–Crippen MR) is 108 cm³/mol. The summed E-state index contributed by atoms with van der Waals surface area (Å²) in [7, 11) is -3.62. The number of rotatable bonds is 7. The third-order valence-electron chi connectivity index (χ3n) is 3.85. The van der Waals surface area contributed by atoms with E-state index in [2.05, 4.69) is 14.9 Å². The van der Waals surface area contributed by atoms with Gasteiger partial charge in [0.2, 0.25) is 15.9 Å². The maximum atomic E-state index is 12.3. The van der Waals surface area contributed by atoms with Crippen molar-refractivity contribution in [3.05, 3.63) is 54.1 Å². The minimum atomic E-state index is -3.62. The Morgan fingerprint density at radius 1 is 1.22 bits per heavy atom. The lowest BCUT2D eigenvalue weighted by atomic mass is 10.2. The summed E-state index contributed by atoms with van der Waals surface area (Å²) < 4.78 is 24.5. The molecule has 0 bridgehead atoms. The Morgan fingerprint density at radius 3 is 2.74 bits per heavy atom. The van der Waals surface area contributed by atoms with E-state index in [9.17, 15) is 13.2 Å². The van der Waals surface area contributed by atoms with Gasteiger partial charge in [-0.1, -0.05) is 36.0 Å². The molecular weight excluding hydrogens is 384 g/mol. The predicted octanol–water partition coefficient (Wildman–Crippen LogP) is 2.58. The number of hydrogen-bond donors (Lipinski definition) is 2. The summed E-state index contributed by atoms with van der Waals surface area (Å²) in [6.07, 6.45) is 0. The molecule has 2 aromatic carbocycles. The SMILES string of the molecule is CCn1c(SCC(=O)Nc2cccc(CS(N)(=O)=O)c2)nc2ccccc21. The molecular formula is C18H20N4O3S2. The van der Waals surface area contributed by atoms with Crippen LogP contribution < -0.4 is 10.5 Å². The average molecular weight is 405 g/mol. The lowest BCUT2D eigenvalue weighted by Crippen LogP contribution is -2.16. The lowest BCUT2D eigenvalue weighted by molar-refractivity contribution is -0.113. The van der Waals surface area contributed by atoms with E-state index < -0.39 is 10.0 Å². The molecule has 0 fully saturated rings. The van der Waals surface area contributed by atoms with E-state index in [-0.39, 0.29) is 17.4 Å². The standard InChI is InChI=1S/C18H20N4O3S2/c1-2-22-16-9-4-3-8-15(16)21-18(22)26-11-17(23)20-14-7-5-6-13(10-14)12-27(19,24)25/h3-10H,2,11-12H2,1H3,(H,20,23)(H2,19,24,25). The summed E-state index contributed by atoms with van der Waals surface area (Å²) >= 11 is 1.36. The van der Waals surface area contributed by atoms with E-state index >= 15 is 0 Å². The fourth-order valence-corrected chi connectivity index (χ4v) is 4.29. The number of hydrogen-bond acceptors (Lipinski definition) is 5. The Morgan fingerprint density at radius 2 is 2.00 bits per heavy atom. The number of aryl methyl sites for hydroxylation is 1. The number of para-hydroxylation sites is 2. The molecule has 0 spiro atoms. The molecule has 9 heteroatoms. The van der Waals surface area contributed by atoms with Crippen molar-refractivity contribution >= 4 is 44.4 Å². The maximum absolute atomic E-state index is 12.3. The zero-order valence-electron chi connectivity index (χ0n) is 14.8. The van der Waals surface area contributed by atoms with Crippen molar-refractivity contribution in [1.82, 2.24) is 9.55 Å². The number of primary sulfonamides is 1. The van der Waals surface area contributed by atoms with Crippen molar-refractivity contribution in [2.75, 3.05) is 11.1 Å². The lowest BCUT2D eigenvalue weighted by Gasteiger charge is -2.08. The average Bonchev–Trinajstić information content (AvgIpc) is 2.96. The van der Waals surface area contributed by atoms with Gasteiger partial charge < -0.3 is 9.88 Å². The van der Waals surface area contributed by atoms with Gasteiger partial charge in [-0.15, -0.1) is 0 Å². The van der Waals surface area contributed by atoms with Gasteiger partial charge in [-0.2, -0.15) is 0 Å². The molecule has 0 aliphatic rings. The maximum Gasteiger partial charge on any atom is 0.234 e. The molecule has 0 atom stereocenters. The number of thioether (sulfide) groups is 1. The zero-order valence-corrected chi connectivity index (χ0v) is 16.4. The Kier molecular flexibility index (Phi) is 5.83. The van der Waals surface area contributed by atoms with Gasteiger partial charge in [0.15, 0.2) is 5.16 Å². The molecule has 0 radical (unpaired) electrons. The van der Waals surface area contributed by atoms with Gasteiger partial charge >= 0.3 is 0 Å². The number of benzene rings is 2. The Labute approximate surface area is 162 Å². The van der Waals surface area contributed by atoms with E-state index in [0.29, 0.717) is 11.3 Å². The third-order valence-corrected chi connectivity index (χ3v) is 5.56. The molecule has 1 heterocycles. The van der Waals surface area contributed by atoms with Crippen molar-refractivity contribution < 1.29 is 13.2 Å². The molecule has 142 valence electrons. The van der Waals surface area contributed by atoms with Crippen LogP contribution in [-0.2, 0) is 27.1 Å². The largest absolute Gasteiger partial charge is 0.325 e. The van der Waals surface area contributed by atoms with Crippen LogP contribution in [0.1, 0.15) is 12.5 Å². The van der Waals surface area contributed by atoms with E-state index in [0.717, 1.165) is 22.7 Å². The molecule has 27 heavy (non-hydrogen) atoms. The molecule has 7 nitrogen and oxygen atoms in total. The molecule has 0 saturated heterocycles. The number of carbonyl (C=O) groups is 1. The highest BCUT2D eigenvalue weighted by Crippen LogP contribution is 2.24. The molecule has 1 amide bonds. The van der Waals surface area contributed by atoms with E-state index in [1.807, 2.05) is 31.2 Å². The topological polar surface area (TPSA) is 107 Å². The number of nitrogens with two attached hydrogens (primary N) is 1. The fraction of sp³-hybridized carbons (Fsp3) is 0.222. The smallest absolute Gasteiger partial charge is 0.234 e. The van der Waals surface area contributed by atoms with Crippen LogP contribution in [0.3, 0.4) is 0 Å². The van der Waals surface area contributed by atoms with Crippen LogP contribution in [-0.4, -0.2) is 29.6 Å². The third kappa shape index (κ3) is 5.09. The molecule has 0 aliphatic heterocycles. The first-order valence-electron chi connectivity index (χ1n) is 8.33. The van der Waals surface area contributed by atoms with E-state index in [4.69, 9.17) is 5.14 Å². The number of amides is 1. The molecule has 3 rings (SSSR count). The van der Waals surface area contributed by atoms with Crippen LogP contribution in [0.25, 0.3) is 11.0 Å². The van der Waals surface area contributed by atoms with Gasteiger partial charge in [-0.3, -0.25) is 4.79 Å². The van der Waals surface area contributed by atoms with Crippen LogP contribution in [0.2, 0.25) is 0 Å². The summed E-state index contributed by atoms with van der Waals surface area (Å²) in [4.78, 5) is 16.9. The van der Waals surface area contributed by atoms with Crippen LogP contribution in [0, 0.1) is 0 Å². The molecule has 3 aromatic rings. The van der Waals surface area contributed by atoms with Gasteiger partial charge in [0.25, 0.3) is 0 Å². The number of anilines is 1. The van der Waals surface area contributed by atoms with Crippen molar-refractivity contribution in [2.24, 2.45) is 5.14 Å². The molecule has 0 saturated carbocycles. The van der Waals surface area contributed by atoms with Gasteiger partial charge in [0, 0.05) is 12.2 Å². The van der Waals surface area contributed by atoms with Gasteiger partial charge in [-0.05, 0) is 36.8 Å². The van der Waals surface area contributed by atoms with E-state index in [1.54, 1.807) is 24.3 Å². The second kappa shape index (κ2) is 8.12. The highest BCUT2D eigenvalue weighted by atomic mass is 32.2. The molecule has 0 unspecified atom stereocenters. The van der Waals surface area contributed by atoms with Crippen LogP contribution in [0.5, 0.6) is 0 Å². The first kappa shape index (κ1) is 19.4. The number of sulfonamides is 1. The summed E-state index contributed by atoms with van der Waals surface area (Å²) in [6.45, 7) is 2.80. The van der Waals surface area contributed by atoms with Gasteiger partial charge in [0.05, 0.1) is 22.5 Å². The first-order chi connectivity index (χ1) is 12.9. The number of carbonyl (C=O) groups excluding carboxylic acids is 1. The zero-order chi connectivity index (χ0) is 19.4. The van der Waals surface area contributed by atoms with Crippen molar-refractivity contribution in [3.8, 4) is 0 Å². The highest BCUT2D eigenvalue weighted by molar-refractivity contribution is 7.99. The highest BCUT2D eigenvalue weighted by Gasteiger charge is 2.12.